The summed E-state index contributed by atoms with van der Waals surface area (Å²) in [4.78, 5) is 11.6. The molecule has 3 aromatic carbocycles. The normalized spacial score (nSPS) is 15.3. The van der Waals surface area contributed by atoms with Gasteiger partial charge in [-0.2, -0.15) is 101 Å². The second kappa shape index (κ2) is 15.1. The van der Waals surface area contributed by atoms with E-state index in [2.05, 4.69) is 0 Å². The lowest BCUT2D eigenvalue weighted by molar-refractivity contribution is -0.477. The van der Waals surface area contributed by atoms with Crippen LogP contribution in [0.1, 0.15) is 18.9 Å². The summed E-state index contributed by atoms with van der Waals surface area (Å²) in [6, 6.07) is 15.3. The van der Waals surface area contributed by atoms with Crippen LogP contribution >= 0.6 is 10.3 Å². The molecule has 3 aromatic rings. The van der Waals surface area contributed by atoms with Crippen molar-refractivity contribution in [2.75, 3.05) is 0 Å². The van der Waals surface area contributed by atoms with Crippen molar-refractivity contribution in [3.8, 4) is 0 Å². The number of hydrogen-bond donors (Lipinski definition) is 0. The first-order chi connectivity index (χ1) is 26.4. The number of carbonyl (C=O) groups excluding carboxylic acids is 1. The molecule has 0 bridgehead atoms. The van der Waals surface area contributed by atoms with Crippen LogP contribution in [-0.2, 0) is 15.4 Å². The quantitative estimate of drug-likeness (QED) is 0.134. The van der Waals surface area contributed by atoms with Gasteiger partial charge in [0.05, 0.1) is 0 Å². The molecule has 0 saturated carbocycles. The SMILES string of the molecule is CCCc1ccc(S(OC(=O)C(F)(F)C(F)(F)C(F)(F)C(F)(F)C(F)(F)C(F)(F)C(F)(F)C(F)(F)C(F)(F)C(F)(F)C(F)(F)F)(c2ccccc2)c2ccccc2)cc1. The number of halogens is 23. The molecule has 59 heavy (non-hydrogen) atoms. The summed E-state index contributed by atoms with van der Waals surface area (Å²) in [6.07, 6.45) is -7.36. The smallest absolute Gasteiger partial charge is 0.397 e. The first-order valence-corrected chi connectivity index (χ1v) is 17.0. The molecule has 0 atom stereocenters. The Morgan fingerprint density at radius 2 is 0.712 bits per heavy atom. The van der Waals surface area contributed by atoms with Gasteiger partial charge in [-0.1, -0.05) is 61.9 Å². The third-order valence-corrected chi connectivity index (χ3v) is 11.5. The fraction of sp³-hybridized carbons (Fsp3) is 0.424. The number of hydrogen-bond acceptors (Lipinski definition) is 2. The Balaban J connectivity index is 2.24. The summed E-state index contributed by atoms with van der Waals surface area (Å²) in [5.74, 6) is -94.5. The van der Waals surface area contributed by atoms with Gasteiger partial charge in [-0.3, -0.25) is 0 Å². The third kappa shape index (κ3) is 7.00. The summed E-state index contributed by atoms with van der Waals surface area (Å²) >= 11 is 0. The summed E-state index contributed by atoms with van der Waals surface area (Å²) in [7, 11) is -4.37. The van der Waals surface area contributed by atoms with Crippen LogP contribution in [0.5, 0.6) is 0 Å². The molecule has 0 aliphatic heterocycles. The highest BCUT2D eigenvalue weighted by Crippen LogP contribution is 2.71. The lowest BCUT2D eigenvalue weighted by Crippen LogP contribution is -2.78. The van der Waals surface area contributed by atoms with Crippen LogP contribution in [0.4, 0.5) is 101 Å². The standard InChI is InChI=1S/C33H21F23O2S/c1-2-9-18-14-16-21(17-15-18)59(19-10-5-3-6-11-19,20-12-7-4-8-13-20)58-22(57)23(34,35)24(36,37)25(38,39)26(40,41)27(42,43)28(44,45)29(46,47)30(48,49)31(50,51)32(52,53)33(54,55)56/h3-8,10-17H,2,9H2,1H3. The topological polar surface area (TPSA) is 26.3 Å². The van der Waals surface area contributed by atoms with Crippen LogP contribution in [0.2, 0.25) is 0 Å². The first-order valence-electron chi connectivity index (χ1n) is 15.5. The van der Waals surface area contributed by atoms with E-state index in [1.54, 1.807) is 6.92 Å². The van der Waals surface area contributed by atoms with E-state index in [1.807, 2.05) is 0 Å². The molecule has 0 heterocycles. The molecule has 26 heteroatoms. The van der Waals surface area contributed by atoms with Crippen molar-refractivity contribution in [1.82, 2.24) is 0 Å². The lowest BCUT2D eigenvalue weighted by atomic mass is 9.85. The number of aryl methyl sites for hydroxylation is 1. The van der Waals surface area contributed by atoms with Gasteiger partial charge in [0.2, 0.25) is 0 Å². The summed E-state index contributed by atoms with van der Waals surface area (Å²) in [5, 5.41) is 0. The molecule has 2 nitrogen and oxygen atoms in total. The van der Waals surface area contributed by atoms with E-state index in [-0.39, 0.29) is 0 Å². The minimum atomic E-state index is -9.56. The van der Waals surface area contributed by atoms with Gasteiger partial charge < -0.3 is 4.18 Å². The maximum atomic E-state index is 15.4. The average Bonchev–Trinajstić information content (AvgIpc) is 3.13. The van der Waals surface area contributed by atoms with Crippen molar-refractivity contribution < 1.29 is 110 Å². The second-order valence-electron chi connectivity index (χ2n) is 12.2. The van der Waals surface area contributed by atoms with Crippen molar-refractivity contribution in [3.63, 3.8) is 0 Å². The molecule has 0 radical (unpaired) electrons. The average molecular weight is 919 g/mol. The van der Waals surface area contributed by atoms with Gasteiger partial charge in [-0.25, -0.2) is 4.79 Å². The minimum Gasteiger partial charge on any atom is -0.397 e. The van der Waals surface area contributed by atoms with E-state index in [9.17, 15) is 88.2 Å². The number of carbonyl (C=O) groups is 1. The first kappa shape index (κ1) is 49.2. The van der Waals surface area contributed by atoms with E-state index in [4.69, 9.17) is 4.18 Å². The van der Waals surface area contributed by atoms with E-state index < -0.39 is 96.4 Å². The zero-order valence-corrected chi connectivity index (χ0v) is 29.2. The highest BCUT2D eigenvalue weighted by Gasteiger charge is 2.99. The Bertz CT molecular complexity index is 1890. The minimum absolute atomic E-state index is 0.322. The predicted molar refractivity (Wildman–Crippen MR) is 157 cm³/mol. The van der Waals surface area contributed by atoms with Crippen LogP contribution in [0.15, 0.2) is 99.6 Å². The second-order valence-corrected chi connectivity index (χ2v) is 14.9. The molecule has 0 N–H and O–H groups in total. The summed E-state index contributed by atoms with van der Waals surface area (Å²) in [5.41, 5.74) is 0.481. The van der Waals surface area contributed by atoms with E-state index >= 15 is 17.6 Å². The maximum absolute atomic E-state index is 15.4. The van der Waals surface area contributed by atoms with Crippen LogP contribution in [0, 0.1) is 0 Å². The van der Waals surface area contributed by atoms with Gasteiger partial charge in [-0.05, 0) is 58.7 Å². The van der Waals surface area contributed by atoms with Gasteiger partial charge >= 0.3 is 71.4 Å². The molecule has 0 aromatic heterocycles. The molecule has 332 valence electrons. The van der Waals surface area contributed by atoms with Crippen LogP contribution < -0.4 is 0 Å². The van der Waals surface area contributed by atoms with Gasteiger partial charge in [0.25, 0.3) is 0 Å². The van der Waals surface area contributed by atoms with Gasteiger partial charge in [0, 0.05) is 14.7 Å². The fourth-order valence-electron chi connectivity index (χ4n) is 4.96. The predicted octanol–water partition coefficient (Wildman–Crippen LogP) is 13.3. The summed E-state index contributed by atoms with van der Waals surface area (Å²) < 4.78 is 328. The Labute approximate surface area is 316 Å². The van der Waals surface area contributed by atoms with Crippen molar-refractivity contribution >= 4 is 16.3 Å². The van der Waals surface area contributed by atoms with Crippen molar-refractivity contribution in [1.29, 1.82) is 0 Å². The Morgan fingerprint density at radius 3 is 1.02 bits per heavy atom. The third-order valence-electron chi connectivity index (χ3n) is 8.31. The van der Waals surface area contributed by atoms with Crippen LogP contribution in [-0.4, -0.2) is 71.4 Å². The van der Waals surface area contributed by atoms with E-state index in [0.717, 1.165) is 60.7 Å². The van der Waals surface area contributed by atoms with Crippen molar-refractivity contribution in [3.05, 3.63) is 90.5 Å². The number of rotatable bonds is 16. The van der Waals surface area contributed by atoms with Gasteiger partial charge in [0.15, 0.2) is 0 Å². The zero-order chi connectivity index (χ0) is 45.9. The maximum Gasteiger partial charge on any atom is 0.460 e. The molecule has 0 spiro atoms. The fourth-order valence-corrected chi connectivity index (χ4v) is 8.00. The highest BCUT2D eigenvalue weighted by atomic mass is 32.3. The Kier molecular flexibility index (Phi) is 12.6. The molecule has 0 aliphatic rings. The largest absolute Gasteiger partial charge is 0.460 e. The zero-order valence-electron chi connectivity index (χ0n) is 28.4. The summed E-state index contributed by atoms with van der Waals surface area (Å²) in [6.45, 7) is 1.69. The molecular weight excluding hydrogens is 897 g/mol. The molecule has 0 unspecified atom stereocenters. The highest BCUT2D eigenvalue weighted by molar-refractivity contribution is 8.30. The van der Waals surface area contributed by atoms with Crippen molar-refractivity contribution in [2.24, 2.45) is 0 Å². The number of alkyl halides is 23. The molecular formula is C33H21F23O2S. The molecule has 0 aliphatic carbocycles. The Morgan fingerprint density at radius 1 is 0.424 bits per heavy atom. The van der Waals surface area contributed by atoms with Crippen LogP contribution in [0.25, 0.3) is 0 Å². The molecule has 0 saturated heterocycles. The number of benzene rings is 3. The Hall–Kier alpha value is -4.13. The lowest BCUT2D eigenvalue weighted by Gasteiger charge is -2.45. The van der Waals surface area contributed by atoms with Gasteiger partial charge in [-0.15, -0.1) is 0 Å². The molecule has 0 fully saturated rings. The molecule has 0 amide bonds. The van der Waals surface area contributed by atoms with E-state index in [1.165, 1.54) is 24.3 Å². The van der Waals surface area contributed by atoms with E-state index in [0.29, 0.717) is 18.4 Å². The molecule has 3 rings (SSSR count). The van der Waals surface area contributed by atoms with Gasteiger partial charge in [0.1, 0.15) is 0 Å². The monoisotopic (exact) mass is 918 g/mol. The van der Waals surface area contributed by atoms with Crippen LogP contribution in [0.3, 0.4) is 0 Å². The van der Waals surface area contributed by atoms with Crippen molar-refractivity contribution in [2.45, 2.75) is 99.9 Å².